The highest BCUT2D eigenvalue weighted by molar-refractivity contribution is 7.91. The Hall–Kier alpha value is -0.740. The zero-order chi connectivity index (χ0) is 14.3. The average molecular weight is 305 g/mol. The van der Waals surface area contributed by atoms with Crippen molar-refractivity contribution < 1.29 is 13.5 Å². The summed E-state index contributed by atoms with van der Waals surface area (Å²) >= 11 is 5.87. The first-order valence-electron chi connectivity index (χ1n) is 6.68. The van der Waals surface area contributed by atoms with Gasteiger partial charge in [-0.25, -0.2) is 8.42 Å². The lowest BCUT2D eigenvalue weighted by Crippen LogP contribution is -2.07. The van der Waals surface area contributed by atoms with E-state index in [0.29, 0.717) is 6.42 Å². The van der Waals surface area contributed by atoms with Crippen LogP contribution < -0.4 is 0 Å². The van der Waals surface area contributed by atoms with Gasteiger partial charge in [0.2, 0.25) is 0 Å². The van der Waals surface area contributed by atoms with E-state index < -0.39 is 9.84 Å². The Morgan fingerprint density at radius 1 is 1.11 bits per heavy atom. The molecular formula is C14H21ClO3S. The molecule has 0 amide bonds. The molecule has 0 fully saturated rings. The van der Waals surface area contributed by atoms with E-state index in [4.69, 9.17) is 11.6 Å². The number of benzene rings is 1. The van der Waals surface area contributed by atoms with Gasteiger partial charge in [0.25, 0.3) is 0 Å². The summed E-state index contributed by atoms with van der Waals surface area (Å²) in [4.78, 5) is 0.0303. The van der Waals surface area contributed by atoms with Crippen molar-refractivity contribution in [3.05, 3.63) is 23.2 Å². The summed E-state index contributed by atoms with van der Waals surface area (Å²) in [7, 11) is -3.40. The zero-order valence-corrected chi connectivity index (χ0v) is 12.8. The summed E-state index contributed by atoms with van der Waals surface area (Å²) in [6.45, 7) is 2.15. The molecule has 0 heterocycles. The predicted octanol–water partition coefficient (Wildman–Crippen LogP) is 4.18. The van der Waals surface area contributed by atoms with Crippen LogP contribution >= 0.6 is 11.6 Å². The minimum Gasteiger partial charge on any atom is -0.508 e. The SMILES string of the molecule is CCCCCCCCS(=O)(=O)c1cc(O)ccc1Cl. The molecule has 0 saturated carbocycles. The Morgan fingerprint density at radius 2 is 1.74 bits per heavy atom. The van der Waals surface area contributed by atoms with Gasteiger partial charge in [0.05, 0.1) is 15.7 Å². The molecule has 0 saturated heterocycles. The number of unbranched alkanes of at least 4 members (excludes halogenated alkanes) is 5. The van der Waals surface area contributed by atoms with Crippen LogP contribution in [0, 0.1) is 0 Å². The van der Waals surface area contributed by atoms with Crippen LogP contribution in [0.3, 0.4) is 0 Å². The molecule has 5 heteroatoms. The lowest BCUT2D eigenvalue weighted by molar-refractivity contribution is 0.473. The van der Waals surface area contributed by atoms with Crippen molar-refractivity contribution in [2.45, 2.75) is 50.3 Å². The van der Waals surface area contributed by atoms with Crippen molar-refractivity contribution in [2.24, 2.45) is 0 Å². The van der Waals surface area contributed by atoms with E-state index in [1.54, 1.807) is 0 Å². The van der Waals surface area contributed by atoms with Crippen LogP contribution in [0.15, 0.2) is 23.1 Å². The van der Waals surface area contributed by atoms with Crippen molar-refractivity contribution >= 4 is 21.4 Å². The number of sulfone groups is 1. The summed E-state index contributed by atoms with van der Waals surface area (Å²) < 4.78 is 24.2. The number of phenolic OH excluding ortho intramolecular Hbond substituents is 1. The van der Waals surface area contributed by atoms with Crippen molar-refractivity contribution in [2.75, 3.05) is 5.75 Å². The van der Waals surface area contributed by atoms with Crippen LogP contribution in [0.25, 0.3) is 0 Å². The fourth-order valence-corrected chi connectivity index (χ4v) is 3.85. The average Bonchev–Trinajstić information content (AvgIpc) is 2.36. The molecule has 1 aromatic carbocycles. The molecule has 0 aliphatic heterocycles. The van der Waals surface area contributed by atoms with Crippen LogP contribution in [0.1, 0.15) is 45.4 Å². The second kappa shape index (κ2) is 7.75. The van der Waals surface area contributed by atoms with Crippen LogP contribution in [0.2, 0.25) is 5.02 Å². The summed E-state index contributed by atoms with van der Waals surface area (Å²) in [5.41, 5.74) is 0. The summed E-state index contributed by atoms with van der Waals surface area (Å²) in [6.07, 6.45) is 6.15. The first-order valence-corrected chi connectivity index (χ1v) is 8.71. The van der Waals surface area contributed by atoms with Gasteiger partial charge in [-0.2, -0.15) is 0 Å². The van der Waals surface area contributed by atoms with Gasteiger partial charge in [-0.05, 0) is 18.6 Å². The first kappa shape index (κ1) is 16.3. The molecule has 1 rings (SSSR count). The number of aromatic hydroxyl groups is 1. The molecule has 1 aromatic rings. The molecule has 0 bridgehead atoms. The first-order chi connectivity index (χ1) is 8.97. The largest absolute Gasteiger partial charge is 0.508 e. The molecule has 108 valence electrons. The minimum absolute atomic E-state index is 0.0303. The number of halogens is 1. The van der Waals surface area contributed by atoms with Gasteiger partial charge < -0.3 is 5.11 Å². The number of phenols is 1. The highest BCUT2D eigenvalue weighted by Gasteiger charge is 2.18. The predicted molar refractivity (Wildman–Crippen MR) is 78.5 cm³/mol. The Bertz CT molecular complexity index is 497. The maximum absolute atomic E-state index is 12.1. The monoisotopic (exact) mass is 304 g/mol. The lowest BCUT2D eigenvalue weighted by atomic mass is 10.1. The fourth-order valence-electron chi connectivity index (χ4n) is 1.91. The van der Waals surface area contributed by atoms with Crippen LogP contribution in [0.5, 0.6) is 5.75 Å². The number of hydrogen-bond donors (Lipinski definition) is 1. The molecule has 3 nitrogen and oxygen atoms in total. The van der Waals surface area contributed by atoms with Crippen LogP contribution in [-0.4, -0.2) is 19.3 Å². The van der Waals surface area contributed by atoms with Gasteiger partial charge in [0.15, 0.2) is 9.84 Å². The van der Waals surface area contributed by atoms with E-state index in [1.165, 1.54) is 31.0 Å². The van der Waals surface area contributed by atoms with Gasteiger partial charge in [-0.3, -0.25) is 0 Å². The van der Waals surface area contributed by atoms with Gasteiger partial charge in [0, 0.05) is 6.07 Å². The van der Waals surface area contributed by atoms with Crippen molar-refractivity contribution in [3.8, 4) is 5.75 Å². The standard InChI is InChI=1S/C14H21ClO3S/c1-2-3-4-5-6-7-10-19(17,18)14-11-12(16)8-9-13(14)15/h8-9,11,16H,2-7,10H2,1H3. The number of rotatable bonds is 8. The molecule has 0 aliphatic rings. The summed E-state index contributed by atoms with van der Waals surface area (Å²) in [6, 6.07) is 4.01. The molecular weight excluding hydrogens is 284 g/mol. The van der Waals surface area contributed by atoms with Crippen molar-refractivity contribution in [1.82, 2.24) is 0 Å². The maximum atomic E-state index is 12.1. The second-order valence-corrected chi connectivity index (χ2v) is 7.19. The van der Waals surface area contributed by atoms with Gasteiger partial charge in [-0.1, -0.05) is 50.6 Å². The Balaban J connectivity index is 2.54. The quantitative estimate of drug-likeness (QED) is 0.733. The Kier molecular flexibility index (Phi) is 6.66. The van der Waals surface area contributed by atoms with Gasteiger partial charge >= 0.3 is 0 Å². The van der Waals surface area contributed by atoms with Crippen LogP contribution in [0.4, 0.5) is 0 Å². The van der Waals surface area contributed by atoms with E-state index in [9.17, 15) is 13.5 Å². The molecule has 0 unspecified atom stereocenters. The summed E-state index contributed by atoms with van der Waals surface area (Å²) in [5.74, 6) is 0.00776. The van der Waals surface area contributed by atoms with Gasteiger partial charge in [0.1, 0.15) is 5.75 Å². The molecule has 0 aliphatic carbocycles. The van der Waals surface area contributed by atoms with E-state index in [1.807, 2.05) is 0 Å². The van der Waals surface area contributed by atoms with Crippen molar-refractivity contribution in [1.29, 1.82) is 0 Å². The lowest BCUT2D eigenvalue weighted by Gasteiger charge is -2.07. The highest BCUT2D eigenvalue weighted by Crippen LogP contribution is 2.27. The normalized spacial score (nSPS) is 11.7. The summed E-state index contributed by atoms with van der Waals surface area (Å²) in [5, 5.41) is 9.52. The smallest absolute Gasteiger partial charge is 0.179 e. The molecule has 0 spiro atoms. The van der Waals surface area contributed by atoms with Crippen LogP contribution in [-0.2, 0) is 9.84 Å². The third-order valence-electron chi connectivity index (χ3n) is 3.02. The van der Waals surface area contributed by atoms with E-state index in [2.05, 4.69) is 6.92 Å². The molecule has 1 N–H and O–H groups in total. The minimum atomic E-state index is -3.40. The molecule has 0 aromatic heterocycles. The van der Waals surface area contributed by atoms with E-state index in [0.717, 1.165) is 19.3 Å². The molecule has 0 radical (unpaired) electrons. The maximum Gasteiger partial charge on any atom is 0.179 e. The highest BCUT2D eigenvalue weighted by atomic mass is 35.5. The zero-order valence-electron chi connectivity index (χ0n) is 11.2. The molecule has 0 atom stereocenters. The molecule has 19 heavy (non-hydrogen) atoms. The second-order valence-electron chi connectivity index (χ2n) is 4.70. The fraction of sp³-hybridized carbons (Fsp3) is 0.571. The third-order valence-corrected chi connectivity index (χ3v) is 5.29. The van der Waals surface area contributed by atoms with Gasteiger partial charge in [-0.15, -0.1) is 0 Å². The number of hydrogen-bond acceptors (Lipinski definition) is 3. The Labute approximate surface area is 120 Å². The topological polar surface area (TPSA) is 54.4 Å². The third kappa shape index (κ3) is 5.41. The van der Waals surface area contributed by atoms with Crippen molar-refractivity contribution in [3.63, 3.8) is 0 Å². The Morgan fingerprint density at radius 3 is 2.42 bits per heavy atom. The van der Waals surface area contributed by atoms with E-state index >= 15 is 0 Å². The van der Waals surface area contributed by atoms with E-state index in [-0.39, 0.29) is 21.4 Å².